The van der Waals surface area contributed by atoms with E-state index in [1.165, 1.54) is 0 Å². The molecule has 3 rings (SSSR count). The standard InChI is InChI=1S/C17H18ClN5.ClH/c1-10-6-7-21-14-8-11(12-4-2-3-5-13(12)18)9-15(16(10)14)22-23-17(19)20;/h2-7,11H,8-9H2,1H3,(H4,19,20,23);1H/b22-15-;. The van der Waals surface area contributed by atoms with Crippen molar-refractivity contribution in [3.8, 4) is 0 Å². The summed E-state index contributed by atoms with van der Waals surface area (Å²) in [5.41, 5.74) is 16.0. The number of benzene rings is 1. The molecule has 4 N–H and O–H groups in total. The third kappa shape index (κ3) is 3.68. The van der Waals surface area contributed by atoms with Gasteiger partial charge in [0, 0.05) is 16.8 Å². The normalized spacial score (nSPS) is 17.8. The Morgan fingerprint density at radius 2 is 1.96 bits per heavy atom. The van der Waals surface area contributed by atoms with E-state index in [9.17, 15) is 0 Å². The molecule has 0 fully saturated rings. The molecule has 1 aromatic heterocycles. The van der Waals surface area contributed by atoms with Crippen molar-refractivity contribution in [1.82, 2.24) is 4.98 Å². The fourth-order valence-corrected chi connectivity index (χ4v) is 3.33. The molecule has 1 aliphatic rings. The highest BCUT2D eigenvalue weighted by Gasteiger charge is 2.28. The second-order valence-corrected chi connectivity index (χ2v) is 6.05. The Bertz CT molecular complexity index is 797. The van der Waals surface area contributed by atoms with Gasteiger partial charge >= 0.3 is 0 Å². The minimum atomic E-state index is -0.0551. The number of rotatable bonds is 2. The molecule has 0 bridgehead atoms. The lowest BCUT2D eigenvalue weighted by Gasteiger charge is -2.26. The molecular weight excluding hydrogens is 345 g/mol. The Hall–Kier alpha value is -2.11. The molecular formula is C17H19Cl2N5. The molecule has 24 heavy (non-hydrogen) atoms. The van der Waals surface area contributed by atoms with Gasteiger partial charge in [0.25, 0.3) is 0 Å². The number of hydrogen-bond acceptors (Lipinski definition) is 3. The summed E-state index contributed by atoms with van der Waals surface area (Å²) in [6.07, 6.45) is 3.36. The number of aromatic nitrogens is 1. The Kier molecular flexibility index (Phi) is 5.80. The minimum absolute atomic E-state index is 0. The number of fused-ring (bicyclic) bond motifs is 1. The van der Waals surface area contributed by atoms with Crippen molar-refractivity contribution in [2.45, 2.75) is 25.7 Å². The molecule has 2 aromatic rings. The quantitative estimate of drug-likeness (QED) is 0.487. The second-order valence-electron chi connectivity index (χ2n) is 5.65. The van der Waals surface area contributed by atoms with Crippen molar-refractivity contribution in [1.29, 1.82) is 0 Å². The predicted octanol–water partition coefficient (Wildman–Crippen LogP) is 3.17. The lowest BCUT2D eigenvalue weighted by atomic mass is 9.80. The Morgan fingerprint density at radius 3 is 2.67 bits per heavy atom. The van der Waals surface area contributed by atoms with Gasteiger partial charge in [0.1, 0.15) is 0 Å². The van der Waals surface area contributed by atoms with E-state index in [1.54, 1.807) is 0 Å². The van der Waals surface area contributed by atoms with Gasteiger partial charge in [-0.3, -0.25) is 4.98 Å². The zero-order chi connectivity index (χ0) is 16.4. The van der Waals surface area contributed by atoms with Crippen molar-refractivity contribution < 1.29 is 0 Å². The summed E-state index contributed by atoms with van der Waals surface area (Å²) in [6.45, 7) is 2.04. The molecule has 1 aromatic carbocycles. The van der Waals surface area contributed by atoms with Gasteiger partial charge in [-0.1, -0.05) is 29.8 Å². The van der Waals surface area contributed by atoms with E-state index in [0.29, 0.717) is 0 Å². The maximum absolute atomic E-state index is 6.36. The number of halogens is 2. The van der Waals surface area contributed by atoms with Gasteiger partial charge in [0.15, 0.2) is 0 Å². The molecule has 1 aliphatic carbocycles. The third-order valence-electron chi connectivity index (χ3n) is 4.04. The van der Waals surface area contributed by atoms with Gasteiger partial charge in [-0.05, 0) is 48.9 Å². The number of nitrogens with zero attached hydrogens (tertiary/aromatic N) is 3. The topological polar surface area (TPSA) is 89.6 Å². The number of aryl methyl sites for hydroxylation is 1. The molecule has 126 valence electrons. The minimum Gasteiger partial charge on any atom is -0.369 e. The maximum atomic E-state index is 6.36. The van der Waals surface area contributed by atoms with Gasteiger partial charge in [0.2, 0.25) is 5.96 Å². The molecule has 7 heteroatoms. The third-order valence-corrected chi connectivity index (χ3v) is 4.38. The molecule has 0 saturated heterocycles. The van der Waals surface area contributed by atoms with Crippen molar-refractivity contribution in [2.75, 3.05) is 0 Å². The highest BCUT2D eigenvalue weighted by molar-refractivity contribution is 6.31. The van der Waals surface area contributed by atoms with Crippen LogP contribution in [0.2, 0.25) is 5.02 Å². The molecule has 1 heterocycles. The van der Waals surface area contributed by atoms with Crippen molar-refractivity contribution in [3.05, 3.63) is 63.9 Å². The van der Waals surface area contributed by atoms with Crippen LogP contribution in [-0.4, -0.2) is 16.7 Å². The first-order valence-corrected chi connectivity index (χ1v) is 7.78. The van der Waals surface area contributed by atoms with Crippen LogP contribution in [0.25, 0.3) is 0 Å². The number of nitrogens with two attached hydrogens (primary N) is 2. The van der Waals surface area contributed by atoms with E-state index in [2.05, 4.69) is 15.2 Å². The van der Waals surface area contributed by atoms with Crippen LogP contribution in [0.1, 0.15) is 34.7 Å². The van der Waals surface area contributed by atoms with Gasteiger partial charge in [-0.25, -0.2) is 0 Å². The molecule has 0 radical (unpaired) electrons. The van der Waals surface area contributed by atoms with Gasteiger partial charge < -0.3 is 11.5 Å². The van der Waals surface area contributed by atoms with E-state index in [-0.39, 0.29) is 24.3 Å². The van der Waals surface area contributed by atoms with Crippen LogP contribution < -0.4 is 11.5 Å². The van der Waals surface area contributed by atoms with Crippen LogP contribution in [0, 0.1) is 6.92 Å². The average Bonchev–Trinajstić information content (AvgIpc) is 2.53. The molecule has 0 aliphatic heterocycles. The average molecular weight is 364 g/mol. The molecule has 0 amide bonds. The zero-order valence-electron chi connectivity index (χ0n) is 13.2. The largest absolute Gasteiger partial charge is 0.369 e. The first kappa shape index (κ1) is 18.2. The highest BCUT2D eigenvalue weighted by Crippen LogP contribution is 2.36. The van der Waals surface area contributed by atoms with Crippen molar-refractivity contribution in [2.24, 2.45) is 21.7 Å². The van der Waals surface area contributed by atoms with Gasteiger partial charge in [-0.2, -0.15) is 5.10 Å². The molecule has 0 spiro atoms. The van der Waals surface area contributed by atoms with Crippen molar-refractivity contribution >= 4 is 35.7 Å². The van der Waals surface area contributed by atoms with E-state index < -0.39 is 0 Å². The van der Waals surface area contributed by atoms with Crippen LogP contribution >= 0.6 is 24.0 Å². The van der Waals surface area contributed by atoms with Crippen LogP contribution in [0.4, 0.5) is 0 Å². The predicted molar refractivity (Wildman–Crippen MR) is 101 cm³/mol. The van der Waals surface area contributed by atoms with Crippen LogP contribution in [0.5, 0.6) is 0 Å². The van der Waals surface area contributed by atoms with E-state index in [1.807, 2.05) is 43.5 Å². The molecule has 0 saturated carbocycles. The molecule has 1 unspecified atom stereocenters. The maximum Gasteiger partial charge on any atom is 0.211 e. The van der Waals surface area contributed by atoms with Crippen LogP contribution in [0.3, 0.4) is 0 Å². The summed E-state index contributed by atoms with van der Waals surface area (Å²) in [6, 6.07) is 9.85. The van der Waals surface area contributed by atoms with Gasteiger partial charge in [-0.15, -0.1) is 17.5 Å². The Balaban J connectivity index is 0.00000208. The fraction of sp³-hybridized carbons (Fsp3) is 0.235. The van der Waals surface area contributed by atoms with E-state index >= 15 is 0 Å². The summed E-state index contributed by atoms with van der Waals surface area (Å²) in [5, 5.41) is 8.86. The van der Waals surface area contributed by atoms with Gasteiger partial charge in [0.05, 0.1) is 11.4 Å². The molecule has 1 atom stereocenters. The Labute approximate surface area is 152 Å². The summed E-state index contributed by atoms with van der Waals surface area (Å²) >= 11 is 6.36. The van der Waals surface area contributed by atoms with Crippen LogP contribution in [-0.2, 0) is 6.42 Å². The second kappa shape index (κ2) is 7.64. The number of guanidine groups is 1. The monoisotopic (exact) mass is 363 g/mol. The lowest BCUT2D eigenvalue weighted by Crippen LogP contribution is -2.24. The zero-order valence-corrected chi connectivity index (χ0v) is 14.8. The first-order valence-electron chi connectivity index (χ1n) is 7.41. The number of pyridine rings is 1. The summed E-state index contributed by atoms with van der Waals surface area (Å²) < 4.78 is 0. The smallest absolute Gasteiger partial charge is 0.211 e. The first-order chi connectivity index (χ1) is 11.1. The number of hydrogen-bond donors (Lipinski definition) is 2. The van der Waals surface area contributed by atoms with Crippen LogP contribution in [0.15, 0.2) is 46.7 Å². The van der Waals surface area contributed by atoms with E-state index in [0.717, 1.165) is 46.0 Å². The SMILES string of the molecule is Cc1ccnc2c1/C(=N\N=C(N)N)CC(c1ccccc1Cl)C2.Cl. The van der Waals surface area contributed by atoms with E-state index in [4.69, 9.17) is 23.1 Å². The van der Waals surface area contributed by atoms with Crippen molar-refractivity contribution in [3.63, 3.8) is 0 Å². The summed E-state index contributed by atoms with van der Waals surface area (Å²) in [4.78, 5) is 4.53. The lowest BCUT2D eigenvalue weighted by molar-refractivity contribution is 0.677. The molecule has 5 nitrogen and oxygen atoms in total. The highest BCUT2D eigenvalue weighted by atomic mass is 35.5. The summed E-state index contributed by atoms with van der Waals surface area (Å²) in [7, 11) is 0. The Morgan fingerprint density at radius 1 is 1.21 bits per heavy atom. The fourth-order valence-electron chi connectivity index (χ4n) is 3.04. The summed E-state index contributed by atoms with van der Waals surface area (Å²) in [5.74, 6) is 0.152.